The first-order valence-corrected chi connectivity index (χ1v) is 15.7. The number of phenols is 1. The van der Waals surface area contributed by atoms with Crippen LogP contribution in [0, 0.1) is 5.92 Å². The number of hydrogen-bond acceptors (Lipinski definition) is 6. The predicted octanol–water partition coefficient (Wildman–Crippen LogP) is 5.38. The van der Waals surface area contributed by atoms with Gasteiger partial charge in [0.25, 0.3) is 0 Å². The number of carbonyl (C=O) groups is 3. The topological polar surface area (TPSA) is 137 Å². The van der Waals surface area contributed by atoms with E-state index in [-0.39, 0.29) is 30.6 Å². The first-order chi connectivity index (χ1) is 21.7. The van der Waals surface area contributed by atoms with Crippen LogP contribution in [0.15, 0.2) is 84.9 Å². The SMILES string of the molecule is CC(C)C(OC(=O)NC(C)C(C(=O)NC(Cc1ccc(O)cc1)C(=O)NCCCCCCO)c1ccccc1)c1ccccc1. The van der Waals surface area contributed by atoms with Gasteiger partial charge in [0.2, 0.25) is 11.8 Å². The molecular formula is C36H47N3O6. The minimum absolute atomic E-state index is 0.0236. The molecule has 242 valence electrons. The first-order valence-electron chi connectivity index (χ1n) is 15.7. The van der Waals surface area contributed by atoms with Crippen molar-refractivity contribution in [3.8, 4) is 5.75 Å². The van der Waals surface area contributed by atoms with Gasteiger partial charge in [-0.3, -0.25) is 9.59 Å². The van der Waals surface area contributed by atoms with Gasteiger partial charge in [0.15, 0.2) is 0 Å². The van der Waals surface area contributed by atoms with E-state index >= 15 is 0 Å². The number of amides is 3. The van der Waals surface area contributed by atoms with Crippen molar-refractivity contribution in [1.29, 1.82) is 0 Å². The monoisotopic (exact) mass is 617 g/mol. The van der Waals surface area contributed by atoms with Crippen LogP contribution in [0.25, 0.3) is 0 Å². The van der Waals surface area contributed by atoms with Gasteiger partial charge < -0.3 is 30.9 Å². The molecule has 0 heterocycles. The van der Waals surface area contributed by atoms with Gasteiger partial charge in [-0.1, -0.05) is 99.5 Å². The molecule has 0 aliphatic rings. The Morgan fingerprint density at radius 2 is 1.33 bits per heavy atom. The van der Waals surface area contributed by atoms with Crippen molar-refractivity contribution in [2.45, 2.75) is 77.0 Å². The van der Waals surface area contributed by atoms with Crippen molar-refractivity contribution in [3.05, 3.63) is 102 Å². The molecule has 9 heteroatoms. The summed E-state index contributed by atoms with van der Waals surface area (Å²) in [6.45, 7) is 6.28. The summed E-state index contributed by atoms with van der Waals surface area (Å²) in [6, 6.07) is 23.6. The summed E-state index contributed by atoms with van der Waals surface area (Å²) in [4.78, 5) is 40.5. The molecule has 4 atom stereocenters. The number of hydrogen-bond donors (Lipinski definition) is 5. The van der Waals surface area contributed by atoms with Gasteiger partial charge in [0.1, 0.15) is 17.9 Å². The van der Waals surface area contributed by atoms with Gasteiger partial charge in [-0.15, -0.1) is 0 Å². The van der Waals surface area contributed by atoms with Gasteiger partial charge >= 0.3 is 6.09 Å². The second kappa shape index (κ2) is 18.4. The van der Waals surface area contributed by atoms with Crippen LogP contribution in [0.2, 0.25) is 0 Å². The summed E-state index contributed by atoms with van der Waals surface area (Å²) in [5.74, 6) is -1.43. The lowest BCUT2D eigenvalue weighted by Crippen LogP contribution is -2.52. The van der Waals surface area contributed by atoms with Crippen LogP contribution in [-0.2, 0) is 20.7 Å². The third-order valence-corrected chi connectivity index (χ3v) is 7.65. The van der Waals surface area contributed by atoms with E-state index in [1.807, 2.05) is 74.5 Å². The molecule has 3 aromatic carbocycles. The van der Waals surface area contributed by atoms with Gasteiger partial charge in [0, 0.05) is 25.6 Å². The predicted molar refractivity (Wildman–Crippen MR) is 175 cm³/mol. The minimum atomic E-state index is -0.895. The second-order valence-electron chi connectivity index (χ2n) is 11.7. The van der Waals surface area contributed by atoms with Gasteiger partial charge in [0.05, 0.1) is 5.92 Å². The zero-order valence-electron chi connectivity index (χ0n) is 26.4. The second-order valence-corrected chi connectivity index (χ2v) is 11.7. The van der Waals surface area contributed by atoms with E-state index in [0.717, 1.165) is 36.8 Å². The Morgan fingerprint density at radius 3 is 1.93 bits per heavy atom. The summed E-state index contributed by atoms with van der Waals surface area (Å²) in [6.07, 6.45) is 2.31. The Labute approximate surface area is 266 Å². The smallest absolute Gasteiger partial charge is 0.407 e. The Morgan fingerprint density at radius 1 is 0.733 bits per heavy atom. The molecule has 3 rings (SSSR count). The Bertz CT molecular complexity index is 1320. The number of aliphatic hydroxyl groups is 1. The third-order valence-electron chi connectivity index (χ3n) is 7.65. The average molecular weight is 618 g/mol. The van der Waals surface area contributed by atoms with Crippen molar-refractivity contribution < 1.29 is 29.3 Å². The molecule has 0 saturated carbocycles. The van der Waals surface area contributed by atoms with E-state index in [1.165, 1.54) is 12.1 Å². The number of unbranched alkanes of at least 4 members (excludes halogenated alkanes) is 3. The largest absolute Gasteiger partial charge is 0.508 e. The highest BCUT2D eigenvalue weighted by molar-refractivity contribution is 5.91. The van der Waals surface area contributed by atoms with Crippen LogP contribution in [0.1, 0.15) is 75.2 Å². The van der Waals surface area contributed by atoms with Crippen molar-refractivity contribution in [2.24, 2.45) is 5.92 Å². The molecule has 0 bridgehead atoms. The molecule has 3 aromatic rings. The molecule has 5 N–H and O–H groups in total. The number of rotatable bonds is 17. The number of aliphatic hydroxyl groups excluding tert-OH is 1. The van der Waals surface area contributed by atoms with E-state index in [9.17, 15) is 19.5 Å². The zero-order valence-corrected chi connectivity index (χ0v) is 26.4. The highest BCUT2D eigenvalue weighted by Gasteiger charge is 2.32. The molecule has 4 unspecified atom stereocenters. The minimum Gasteiger partial charge on any atom is -0.508 e. The van der Waals surface area contributed by atoms with Crippen molar-refractivity contribution in [2.75, 3.05) is 13.2 Å². The number of alkyl carbamates (subject to hydrolysis) is 1. The highest BCUT2D eigenvalue weighted by atomic mass is 16.6. The van der Waals surface area contributed by atoms with Gasteiger partial charge in [-0.05, 0) is 54.5 Å². The third kappa shape index (κ3) is 11.6. The summed E-state index contributed by atoms with van der Waals surface area (Å²) in [5.41, 5.74) is 2.32. The lowest BCUT2D eigenvalue weighted by atomic mass is 9.90. The fourth-order valence-electron chi connectivity index (χ4n) is 5.24. The van der Waals surface area contributed by atoms with Crippen LogP contribution >= 0.6 is 0 Å². The number of aromatic hydroxyl groups is 1. The maximum absolute atomic E-state index is 14.0. The quantitative estimate of drug-likeness (QED) is 0.129. The molecule has 0 aromatic heterocycles. The van der Waals surface area contributed by atoms with E-state index in [1.54, 1.807) is 19.1 Å². The molecule has 0 radical (unpaired) electrons. The van der Waals surface area contributed by atoms with Crippen molar-refractivity contribution >= 4 is 17.9 Å². The summed E-state index contributed by atoms with van der Waals surface area (Å²) in [5, 5.41) is 27.4. The van der Waals surface area contributed by atoms with E-state index in [2.05, 4.69) is 16.0 Å². The standard InChI is InChI=1S/C36H47N3O6/c1-25(2)33(29-16-10-7-11-17-29)45-36(44)38-26(3)32(28-14-8-6-9-15-28)35(43)39-31(24-27-18-20-30(41)21-19-27)34(42)37-22-12-4-5-13-23-40/h6-11,14-21,25-26,31-33,40-41H,4-5,12-13,22-24H2,1-3H3,(H,37,42)(H,38,44)(H,39,43). The maximum Gasteiger partial charge on any atom is 0.407 e. The molecule has 45 heavy (non-hydrogen) atoms. The highest BCUT2D eigenvalue weighted by Crippen LogP contribution is 2.27. The molecule has 3 amide bonds. The Hall–Kier alpha value is -4.37. The fraction of sp³-hybridized carbons (Fsp3) is 0.417. The van der Waals surface area contributed by atoms with Crippen molar-refractivity contribution in [1.82, 2.24) is 16.0 Å². The van der Waals surface area contributed by atoms with Gasteiger partial charge in [-0.25, -0.2) is 4.79 Å². The molecule has 0 spiro atoms. The molecular weight excluding hydrogens is 570 g/mol. The number of phenolic OH excluding ortho intramolecular Hbond substituents is 1. The van der Waals surface area contributed by atoms with Crippen LogP contribution in [0.4, 0.5) is 4.79 Å². The van der Waals surface area contributed by atoms with Crippen LogP contribution in [0.5, 0.6) is 5.75 Å². The van der Waals surface area contributed by atoms with E-state index < -0.39 is 36.1 Å². The first kappa shape index (κ1) is 35.1. The number of carbonyl (C=O) groups excluding carboxylic acids is 3. The number of benzene rings is 3. The lowest BCUT2D eigenvalue weighted by Gasteiger charge is -2.28. The molecule has 0 aliphatic heterocycles. The summed E-state index contributed by atoms with van der Waals surface area (Å²) >= 11 is 0. The molecule has 9 nitrogen and oxygen atoms in total. The van der Waals surface area contributed by atoms with Gasteiger partial charge in [-0.2, -0.15) is 0 Å². The fourth-order valence-corrected chi connectivity index (χ4v) is 5.24. The zero-order chi connectivity index (χ0) is 32.6. The maximum atomic E-state index is 14.0. The summed E-state index contributed by atoms with van der Waals surface area (Å²) < 4.78 is 5.84. The number of nitrogens with one attached hydrogen (secondary N) is 3. The van der Waals surface area contributed by atoms with Crippen LogP contribution in [-0.4, -0.2) is 53.4 Å². The van der Waals surface area contributed by atoms with Crippen LogP contribution in [0.3, 0.4) is 0 Å². The molecule has 0 aliphatic carbocycles. The summed E-state index contributed by atoms with van der Waals surface area (Å²) in [7, 11) is 0. The Balaban J connectivity index is 1.77. The average Bonchev–Trinajstić information content (AvgIpc) is 3.03. The van der Waals surface area contributed by atoms with E-state index in [4.69, 9.17) is 9.84 Å². The molecule has 0 saturated heterocycles. The lowest BCUT2D eigenvalue weighted by molar-refractivity contribution is -0.130. The van der Waals surface area contributed by atoms with Crippen LogP contribution < -0.4 is 16.0 Å². The molecule has 0 fully saturated rings. The number of ether oxygens (including phenoxy) is 1. The van der Waals surface area contributed by atoms with E-state index in [0.29, 0.717) is 12.1 Å². The van der Waals surface area contributed by atoms with Crippen molar-refractivity contribution in [3.63, 3.8) is 0 Å². The normalized spacial score (nSPS) is 13.7. The Kier molecular flexibility index (Phi) is 14.4.